The first-order valence-corrected chi connectivity index (χ1v) is 6.33. The maximum absolute atomic E-state index is 4.45. The highest BCUT2D eigenvalue weighted by molar-refractivity contribution is 5.42. The van der Waals surface area contributed by atoms with Crippen LogP contribution in [0.15, 0.2) is 24.4 Å². The van der Waals surface area contributed by atoms with Gasteiger partial charge in [0.1, 0.15) is 0 Å². The summed E-state index contributed by atoms with van der Waals surface area (Å²) in [5.41, 5.74) is 4.49. The fourth-order valence-electron chi connectivity index (χ4n) is 2.02. The third-order valence-electron chi connectivity index (χ3n) is 2.88. The van der Waals surface area contributed by atoms with Crippen LogP contribution >= 0.6 is 0 Å². The Kier molecular flexibility index (Phi) is 3.97. The van der Waals surface area contributed by atoms with Gasteiger partial charge in [-0.15, -0.1) is 0 Å². The molecule has 0 fully saturated rings. The molecular formula is C14H20N4. The number of aromatic nitrogens is 3. The van der Waals surface area contributed by atoms with Crippen molar-refractivity contribution in [2.45, 2.75) is 33.7 Å². The van der Waals surface area contributed by atoms with Crippen LogP contribution < -0.4 is 5.32 Å². The molecule has 0 amide bonds. The monoisotopic (exact) mass is 244 g/mol. The summed E-state index contributed by atoms with van der Waals surface area (Å²) in [6.07, 6.45) is 2.89. The maximum Gasteiger partial charge on any atom is 0.0596 e. The van der Waals surface area contributed by atoms with E-state index in [1.807, 2.05) is 26.1 Å². The van der Waals surface area contributed by atoms with Crippen molar-refractivity contribution in [3.63, 3.8) is 0 Å². The van der Waals surface area contributed by atoms with E-state index in [1.54, 1.807) is 0 Å². The van der Waals surface area contributed by atoms with Gasteiger partial charge in [0.2, 0.25) is 0 Å². The highest BCUT2D eigenvalue weighted by atomic mass is 15.3. The van der Waals surface area contributed by atoms with E-state index in [4.69, 9.17) is 0 Å². The summed E-state index contributed by atoms with van der Waals surface area (Å²) in [6, 6.07) is 6.17. The SMILES string of the molecule is Cc1cc(NCCCn2nc(C)cc2C)ccn1. The van der Waals surface area contributed by atoms with Crippen molar-refractivity contribution in [3.05, 3.63) is 41.5 Å². The number of nitrogens with one attached hydrogen (secondary N) is 1. The van der Waals surface area contributed by atoms with E-state index in [-0.39, 0.29) is 0 Å². The fourth-order valence-corrected chi connectivity index (χ4v) is 2.02. The van der Waals surface area contributed by atoms with Crippen LogP contribution in [0, 0.1) is 20.8 Å². The van der Waals surface area contributed by atoms with Crippen LogP contribution in [0.25, 0.3) is 0 Å². The molecule has 4 nitrogen and oxygen atoms in total. The first-order valence-electron chi connectivity index (χ1n) is 6.33. The molecule has 2 rings (SSSR count). The minimum Gasteiger partial charge on any atom is -0.385 e. The van der Waals surface area contributed by atoms with Crippen LogP contribution in [-0.2, 0) is 6.54 Å². The molecular weight excluding hydrogens is 224 g/mol. The van der Waals surface area contributed by atoms with E-state index in [1.165, 1.54) is 5.69 Å². The van der Waals surface area contributed by atoms with Crippen LogP contribution in [0.1, 0.15) is 23.5 Å². The van der Waals surface area contributed by atoms with Gasteiger partial charge in [0.15, 0.2) is 0 Å². The topological polar surface area (TPSA) is 42.7 Å². The molecule has 2 heterocycles. The molecule has 0 atom stereocenters. The van der Waals surface area contributed by atoms with Crippen LogP contribution in [-0.4, -0.2) is 21.3 Å². The lowest BCUT2D eigenvalue weighted by molar-refractivity contribution is 0.574. The summed E-state index contributed by atoms with van der Waals surface area (Å²) >= 11 is 0. The Balaban J connectivity index is 1.78. The van der Waals surface area contributed by atoms with Gasteiger partial charge < -0.3 is 5.32 Å². The second kappa shape index (κ2) is 5.67. The zero-order chi connectivity index (χ0) is 13.0. The number of rotatable bonds is 5. The average molecular weight is 244 g/mol. The minimum atomic E-state index is 0.946. The molecule has 0 aromatic carbocycles. The number of aryl methyl sites for hydroxylation is 4. The van der Waals surface area contributed by atoms with Crippen molar-refractivity contribution in [3.8, 4) is 0 Å². The van der Waals surface area contributed by atoms with E-state index in [0.717, 1.165) is 36.6 Å². The predicted molar refractivity (Wildman–Crippen MR) is 73.8 cm³/mol. The molecule has 0 saturated carbocycles. The van der Waals surface area contributed by atoms with Gasteiger partial charge in [0, 0.05) is 36.4 Å². The molecule has 0 bridgehead atoms. The van der Waals surface area contributed by atoms with Crippen LogP contribution in [0.2, 0.25) is 0 Å². The first-order chi connectivity index (χ1) is 8.65. The Bertz CT molecular complexity index is 516. The van der Waals surface area contributed by atoms with Crippen LogP contribution in [0.5, 0.6) is 0 Å². The lowest BCUT2D eigenvalue weighted by Crippen LogP contribution is -2.09. The number of pyridine rings is 1. The zero-order valence-corrected chi connectivity index (χ0v) is 11.3. The van der Waals surface area contributed by atoms with E-state index in [9.17, 15) is 0 Å². The van der Waals surface area contributed by atoms with Crippen molar-refractivity contribution in [1.82, 2.24) is 14.8 Å². The number of anilines is 1. The third kappa shape index (κ3) is 3.32. The molecule has 0 unspecified atom stereocenters. The van der Waals surface area contributed by atoms with Crippen molar-refractivity contribution in [2.75, 3.05) is 11.9 Å². The molecule has 2 aromatic heterocycles. The Morgan fingerprint density at radius 2 is 2.00 bits per heavy atom. The summed E-state index contributed by atoms with van der Waals surface area (Å²) in [6.45, 7) is 8.03. The van der Waals surface area contributed by atoms with Crippen molar-refractivity contribution >= 4 is 5.69 Å². The molecule has 0 aliphatic heterocycles. The Morgan fingerprint density at radius 3 is 2.67 bits per heavy atom. The average Bonchev–Trinajstić information content (AvgIpc) is 2.64. The van der Waals surface area contributed by atoms with Gasteiger partial charge in [-0.1, -0.05) is 0 Å². The first kappa shape index (κ1) is 12.6. The Hall–Kier alpha value is -1.84. The second-order valence-electron chi connectivity index (χ2n) is 4.62. The van der Waals surface area contributed by atoms with E-state index in [0.29, 0.717) is 0 Å². The standard InChI is InChI=1S/C14H20N4/c1-11-10-14(5-7-15-11)16-6-4-8-18-13(3)9-12(2)17-18/h5,7,9-10H,4,6,8H2,1-3H3,(H,15,16). The molecule has 96 valence electrons. The van der Waals surface area contributed by atoms with Gasteiger partial charge in [0.05, 0.1) is 5.69 Å². The molecule has 0 aliphatic carbocycles. The number of nitrogens with zero attached hydrogens (tertiary/aromatic N) is 3. The lowest BCUT2D eigenvalue weighted by atomic mass is 10.3. The number of hydrogen-bond acceptors (Lipinski definition) is 3. The second-order valence-corrected chi connectivity index (χ2v) is 4.62. The third-order valence-corrected chi connectivity index (χ3v) is 2.88. The summed E-state index contributed by atoms with van der Waals surface area (Å²) in [5.74, 6) is 0. The maximum atomic E-state index is 4.45. The Labute approximate surface area is 108 Å². The summed E-state index contributed by atoms with van der Waals surface area (Å²) < 4.78 is 2.06. The van der Waals surface area contributed by atoms with E-state index in [2.05, 4.69) is 39.1 Å². The lowest BCUT2D eigenvalue weighted by Gasteiger charge is -2.07. The van der Waals surface area contributed by atoms with Crippen LogP contribution in [0.4, 0.5) is 5.69 Å². The molecule has 0 spiro atoms. The molecule has 0 aliphatic rings. The minimum absolute atomic E-state index is 0.946. The normalized spacial score (nSPS) is 10.6. The van der Waals surface area contributed by atoms with E-state index >= 15 is 0 Å². The quantitative estimate of drug-likeness (QED) is 0.822. The molecule has 0 saturated heterocycles. The van der Waals surface area contributed by atoms with Crippen LogP contribution in [0.3, 0.4) is 0 Å². The van der Waals surface area contributed by atoms with Gasteiger partial charge in [-0.3, -0.25) is 9.67 Å². The largest absolute Gasteiger partial charge is 0.385 e. The molecule has 2 aromatic rings. The van der Waals surface area contributed by atoms with Gasteiger partial charge in [-0.25, -0.2) is 0 Å². The smallest absolute Gasteiger partial charge is 0.0596 e. The van der Waals surface area contributed by atoms with Gasteiger partial charge in [-0.2, -0.15) is 5.10 Å². The van der Waals surface area contributed by atoms with Crippen molar-refractivity contribution in [2.24, 2.45) is 0 Å². The van der Waals surface area contributed by atoms with E-state index < -0.39 is 0 Å². The molecule has 18 heavy (non-hydrogen) atoms. The number of hydrogen-bond donors (Lipinski definition) is 1. The van der Waals surface area contributed by atoms with Gasteiger partial charge in [0.25, 0.3) is 0 Å². The summed E-state index contributed by atoms with van der Waals surface area (Å²) in [4.78, 5) is 4.18. The summed E-state index contributed by atoms with van der Waals surface area (Å²) in [5, 5.41) is 7.85. The van der Waals surface area contributed by atoms with Crippen molar-refractivity contribution in [1.29, 1.82) is 0 Å². The Morgan fingerprint density at radius 1 is 1.17 bits per heavy atom. The molecule has 1 N–H and O–H groups in total. The van der Waals surface area contributed by atoms with Gasteiger partial charge >= 0.3 is 0 Å². The zero-order valence-electron chi connectivity index (χ0n) is 11.3. The molecule has 0 radical (unpaired) electrons. The summed E-state index contributed by atoms with van der Waals surface area (Å²) in [7, 11) is 0. The highest BCUT2D eigenvalue weighted by Crippen LogP contribution is 2.07. The predicted octanol–water partition coefficient (Wildman–Crippen LogP) is 2.71. The highest BCUT2D eigenvalue weighted by Gasteiger charge is 2.00. The van der Waals surface area contributed by atoms with Gasteiger partial charge in [-0.05, 0) is 45.4 Å². The van der Waals surface area contributed by atoms with Crippen molar-refractivity contribution < 1.29 is 0 Å². The molecule has 4 heteroatoms. The fraction of sp³-hybridized carbons (Fsp3) is 0.429.